The Morgan fingerprint density at radius 1 is 1.00 bits per heavy atom. The number of hydrogen-bond donors (Lipinski definition) is 0. The number of nitrogens with zero attached hydrogens (tertiary/aromatic N) is 5. The molecule has 6 nitrogen and oxygen atoms in total. The third-order valence-electron chi connectivity index (χ3n) is 3.68. The summed E-state index contributed by atoms with van der Waals surface area (Å²) in [5, 5.41) is 4.65. The molecule has 3 aromatic rings. The van der Waals surface area contributed by atoms with Gasteiger partial charge in [-0.15, -0.1) is 0 Å². The lowest BCUT2D eigenvalue weighted by atomic mass is 10.2. The van der Waals surface area contributed by atoms with E-state index in [1.807, 2.05) is 48.5 Å². The van der Waals surface area contributed by atoms with Gasteiger partial charge in [0.2, 0.25) is 5.96 Å². The maximum absolute atomic E-state index is 13.0. The van der Waals surface area contributed by atoms with Crippen LogP contribution in [0.1, 0.15) is 5.56 Å². The zero-order valence-electron chi connectivity index (χ0n) is 13.0. The largest absolute Gasteiger partial charge is 0.283 e. The molecule has 122 valence electrons. The van der Waals surface area contributed by atoms with E-state index in [0.29, 0.717) is 16.7 Å². The molecule has 1 aliphatic heterocycles. The predicted octanol–water partition coefficient (Wildman–Crippen LogP) is 3.22. The second kappa shape index (κ2) is 6.33. The summed E-state index contributed by atoms with van der Waals surface area (Å²) < 4.78 is 1.46. The number of rotatable bonds is 2. The van der Waals surface area contributed by atoms with Gasteiger partial charge in [-0.2, -0.15) is 9.78 Å². The molecule has 0 N–H and O–H groups in total. The van der Waals surface area contributed by atoms with E-state index in [1.165, 1.54) is 22.2 Å². The quantitative estimate of drug-likeness (QED) is 0.667. The van der Waals surface area contributed by atoms with Crippen LogP contribution in [0.4, 0.5) is 5.69 Å². The van der Waals surface area contributed by atoms with Crippen molar-refractivity contribution in [3.63, 3.8) is 0 Å². The van der Waals surface area contributed by atoms with Gasteiger partial charge >= 0.3 is 0 Å². The van der Waals surface area contributed by atoms with Crippen molar-refractivity contribution < 1.29 is 4.79 Å². The highest BCUT2D eigenvalue weighted by molar-refractivity contribution is 6.33. The molecule has 0 saturated carbocycles. The van der Waals surface area contributed by atoms with Gasteiger partial charge in [0, 0.05) is 5.02 Å². The van der Waals surface area contributed by atoms with Gasteiger partial charge in [0.05, 0.1) is 5.69 Å². The Bertz CT molecular complexity index is 980. The molecule has 0 bridgehead atoms. The Hall–Kier alpha value is -3.25. The number of anilines is 1. The molecule has 0 radical (unpaired) electrons. The molecule has 0 spiro atoms. The molecule has 7 heteroatoms. The average molecular weight is 350 g/mol. The molecule has 2 heterocycles. The van der Waals surface area contributed by atoms with Crippen molar-refractivity contribution in [1.82, 2.24) is 14.8 Å². The van der Waals surface area contributed by atoms with Crippen molar-refractivity contribution in [3.8, 4) is 0 Å². The van der Waals surface area contributed by atoms with Crippen LogP contribution in [0.2, 0.25) is 5.02 Å². The highest BCUT2D eigenvalue weighted by Crippen LogP contribution is 2.26. The van der Waals surface area contributed by atoms with E-state index in [0.717, 1.165) is 5.56 Å². The van der Waals surface area contributed by atoms with Crippen LogP contribution in [0.25, 0.3) is 6.08 Å². The van der Waals surface area contributed by atoms with Gasteiger partial charge in [-0.1, -0.05) is 48.0 Å². The fourth-order valence-electron chi connectivity index (χ4n) is 2.52. The number of hydrogen-bond acceptors (Lipinski definition) is 4. The number of benzene rings is 2. The van der Waals surface area contributed by atoms with E-state index < -0.39 is 0 Å². The fraction of sp³-hybridized carbons (Fsp3) is 0. The minimum Gasteiger partial charge on any atom is -0.266 e. The molecule has 1 aromatic heterocycles. The second-order valence-corrected chi connectivity index (χ2v) is 5.69. The Kier molecular flexibility index (Phi) is 3.87. The maximum atomic E-state index is 13.0. The first-order valence-corrected chi connectivity index (χ1v) is 7.91. The number of carbonyl (C=O) groups is 1. The highest BCUT2D eigenvalue weighted by atomic mass is 35.5. The average Bonchev–Trinajstić information content (AvgIpc) is 3.26. The number of amides is 1. The predicted molar refractivity (Wildman–Crippen MR) is 96.2 cm³/mol. The molecule has 4 rings (SSSR count). The smallest absolute Gasteiger partial charge is 0.266 e. The van der Waals surface area contributed by atoms with Gasteiger partial charge in [0.25, 0.3) is 5.91 Å². The first-order chi connectivity index (χ1) is 12.2. The molecule has 25 heavy (non-hydrogen) atoms. The minimum absolute atomic E-state index is 0.253. The summed E-state index contributed by atoms with van der Waals surface area (Å²) in [6, 6.07) is 16.6. The van der Waals surface area contributed by atoms with Crippen molar-refractivity contribution in [2.24, 2.45) is 4.99 Å². The summed E-state index contributed by atoms with van der Waals surface area (Å²) in [6.45, 7) is 0. The first-order valence-electron chi connectivity index (χ1n) is 7.53. The minimum atomic E-state index is -0.253. The van der Waals surface area contributed by atoms with Gasteiger partial charge in [-0.25, -0.2) is 14.9 Å². The van der Waals surface area contributed by atoms with Crippen LogP contribution < -0.4 is 4.90 Å². The summed E-state index contributed by atoms with van der Waals surface area (Å²) in [5.74, 6) is 0.114. The van der Waals surface area contributed by atoms with Crippen molar-refractivity contribution in [2.45, 2.75) is 0 Å². The zero-order chi connectivity index (χ0) is 17.2. The van der Waals surface area contributed by atoms with E-state index in [4.69, 9.17) is 11.6 Å². The van der Waals surface area contributed by atoms with Crippen molar-refractivity contribution >= 4 is 35.2 Å². The van der Waals surface area contributed by atoms with Crippen molar-refractivity contribution in [2.75, 3.05) is 4.90 Å². The first kappa shape index (κ1) is 15.3. The SMILES string of the molecule is O=C1/C(=C/c2ccccc2Cl)N=C(n2cncn2)N1c1ccccc1. The number of aliphatic imine (C=N–C) groups is 1. The van der Waals surface area contributed by atoms with Gasteiger partial charge in [-0.3, -0.25) is 4.79 Å². The van der Waals surface area contributed by atoms with E-state index in [1.54, 1.807) is 12.1 Å². The number of aromatic nitrogens is 3. The number of para-hydroxylation sites is 1. The zero-order valence-corrected chi connectivity index (χ0v) is 13.7. The van der Waals surface area contributed by atoms with Gasteiger partial charge in [0.15, 0.2) is 0 Å². The normalized spacial score (nSPS) is 15.7. The number of halogens is 1. The number of carbonyl (C=O) groups excluding carboxylic acids is 1. The molecule has 0 fully saturated rings. The summed E-state index contributed by atoms with van der Waals surface area (Å²) in [7, 11) is 0. The Morgan fingerprint density at radius 3 is 2.48 bits per heavy atom. The topological polar surface area (TPSA) is 63.4 Å². The molecule has 0 atom stereocenters. The molecule has 0 aliphatic carbocycles. The lowest BCUT2D eigenvalue weighted by Gasteiger charge is -2.17. The second-order valence-electron chi connectivity index (χ2n) is 5.28. The van der Waals surface area contributed by atoms with Crippen LogP contribution in [0.3, 0.4) is 0 Å². The fourth-order valence-corrected chi connectivity index (χ4v) is 2.71. The third kappa shape index (κ3) is 2.83. The monoisotopic (exact) mass is 349 g/mol. The summed E-state index contributed by atoms with van der Waals surface area (Å²) in [6.07, 6.45) is 4.57. The van der Waals surface area contributed by atoms with E-state index in [9.17, 15) is 4.79 Å². The summed E-state index contributed by atoms with van der Waals surface area (Å²) >= 11 is 6.19. The lowest BCUT2D eigenvalue weighted by Crippen LogP contribution is -2.36. The maximum Gasteiger partial charge on any atom is 0.283 e. The standard InChI is InChI=1S/C18H12ClN5O/c19-15-9-5-4-6-13(15)10-16-17(25)24(14-7-2-1-3-8-14)18(22-16)23-12-20-11-21-23/h1-12H/b16-10-. The molecule has 2 aromatic carbocycles. The third-order valence-corrected chi connectivity index (χ3v) is 4.02. The lowest BCUT2D eigenvalue weighted by molar-refractivity contribution is -0.113. The van der Waals surface area contributed by atoms with Crippen molar-refractivity contribution in [3.05, 3.63) is 83.5 Å². The van der Waals surface area contributed by atoms with Crippen molar-refractivity contribution in [1.29, 1.82) is 0 Å². The van der Waals surface area contributed by atoms with Crippen LogP contribution in [-0.2, 0) is 4.79 Å². The van der Waals surface area contributed by atoms with Crippen LogP contribution >= 0.6 is 11.6 Å². The molecular formula is C18H12ClN5O. The Labute approximate surface area is 148 Å². The molecule has 0 saturated heterocycles. The van der Waals surface area contributed by atoms with Crippen LogP contribution in [0.5, 0.6) is 0 Å². The molecule has 1 amide bonds. The van der Waals surface area contributed by atoms with E-state index in [2.05, 4.69) is 15.1 Å². The Morgan fingerprint density at radius 2 is 1.76 bits per heavy atom. The summed E-state index contributed by atoms with van der Waals surface area (Å²) in [4.78, 5) is 22.9. The van der Waals surface area contributed by atoms with Gasteiger partial charge in [0.1, 0.15) is 18.4 Å². The van der Waals surface area contributed by atoms with E-state index in [-0.39, 0.29) is 11.6 Å². The molecular weight excluding hydrogens is 338 g/mol. The summed E-state index contributed by atoms with van der Waals surface area (Å²) in [5.41, 5.74) is 1.70. The highest BCUT2D eigenvalue weighted by Gasteiger charge is 2.33. The van der Waals surface area contributed by atoms with Crippen LogP contribution in [-0.4, -0.2) is 26.6 Å². The molecule has 0 unspecified atom stereocenters. The van der Waals surface area contributed by atoms with Gasteiger partial charge < -0.3 is 0 Å². The van der Waals surface area contributed by atoms with Crippen LogP contribution in [0.15, 0.2) is 77.9 Å². The van der Waals surface area contributed by atoms with Crippen LogP contribution in [0, 0.1) is 0 Å². The van der Waals surface area contributed by atoms with Gasteiger partial charge in [-0.05, 0) is 29.8 Å². The molecule has 1 aliphatic rings. The Balaban J connectivity index is 1.83. The van der Waals surface area contributed by atoms with E-state index >= 15 is 0 Å².